The number of nitrogens with zero attached hydrogens (tertiary/aromatic N) is 2. The molecule has 0 spiro atoms. The number of rotatable bonds is 19. The van der Waals surface area contributed by atoms with Gasteiger partial charge in [-0.2, -0.15) is 0 Å². The summed E-state index contributed by atoms with van der Waals surface area (Å²) < 4.78 is 0.949. The van der Waals surface area contributed by atoms with E-state index in [1.165, 1.54) is 95.7 Å². The molecule has 1 unspecified atom stereocenters. The number of allylic oxidation sites excluding steroid dienone is 1. The lowest BCUT2D eigenvalue weighted by Gasteiger charge is -2.33. The largest absolute Gasteiger partial charge is 0.390 e. The van der Waals surface area contributed by atoms with Gasteiger partial charge in [0.05, 0.1) is 19.7 Å². The third-order valence-electron chi connectivity index (χ3n) is 6.31. The van der Waals surface area contributed by atoms with E-state index in [1.807, 2.05) is 6.08 Å². The third kappa shape index (κ3) is 10.4. The molecule has 0 bridgehead atoms. The van der Waals surface area contributed by atoms with Gasteiger partial charge in [0.2, 0.25) is 0 Å². The summed E-state index contributed by atoms with van der Waals surface area (Å²) in [4.78, 5) is 4.76. The molecule has 3 heteroatoms. The molecule has 1 heterocycles. The topological polar surface area (TPSA) is 32.6 Å². The zero-order valence-corrected chi connectivity index (χ0v) is 18.3. The van der Waals surface area contributed by atoms with E-state index >= 15 is 0 Å². The highest BCUT2D eigenvalue weighted by molar-refractivity contribution is 5.76. The highest BCUT2D eigenvalue weighted by Crippen LogP contribution is 2.20. The lowest BCUT2D eigenvalue weighted by atomic mass is 10.0. The Balaban J connectivity index is 1.89. The van der Waals surface area contributed by atoms with E-state index in [1.54, 1.807) is 0 Å². The highest BCUT2D eigenvalue weighted by atomic mass is 16.3. The van der Waals surface area contributed by atoms with Crippen molar-refractivity contribution in [2.45, 2.75) is 103 Å². The average molecular weight is 380 g/mol. The summed E-state index contributed by atoms with van der Waals surface area (Å²) in [5.41, 5.74) is 0. The van der Waals surface area contributed by atoms with Crippen LogP contribution in [0.5, 0.6) is 0 Å². The van der Waals surface area contributed by atoms with Gasteiger partial charge in [0, 0.05) is 6.42 Å². The van der Waals surface area contributed by atoms with Gasteiger partial charge in [-0.25, -0.2) is 4.99 Å². The fourth-order valence-corrected chi connectivity index (χ4v) is 4.41. The van der Waals surface area contributed by atoms with Crippen LogP contribution in [0.1, 0.15) is 103 Å². The van der Waals surface area contributed by atoms with Crippen LogP contribution < -0.4 is 0 Å². The van der Waals surface area contributed by atoms with Crippen molar-refractivity contribution in [1.29, 1.82) is 0 Å². The Kier molecular flexibility index (Phi) is 14.7. The Labute approximate surface area is 169 Å². The second kappa shape index (κ2) is 16.3. The van der Waals surface area contributed by atoms with Crippen molar-refractivity contribution in [2.75, 3.05) is 32.8 Å². The van der Waals surface area contributed by atoms with E-state index in [0.29, 0.717) is 0 Å². The first kappa shape index (κ1) is 24.4. The molecule has 3 nitrogen and oxygen atoms in total. The fourth-order valence-electron chi connectivity index (χ4n) is 4.41. The Morgan fingerprint density at radius 1 is 0.889 bits per heavy atom. The SMILES string of the molecule is C=CCCCCCCCCCCCCCCCC1=NCC[N+]1(CC)CCO. The molecule has 1 N–H and O–H groups in total. The lowest BCUT2D eigenvalue weighted by molar-refractivity contribution is -0.835. The molecule has 0 aromatic carbocycles. The van der Waals surface area contributed by atoms with Crippen molar-refractivity contribution in [3.05, 3.63) is 12.7 Å². The van der Waals surface area contributed by atoms with Crippen molar-refractivity contribution in [2.24, 2.45) is 4.99 Å². The number of amidine groups is 1. The molecule has 0 aliphatic carbocycles. The monoisotopic (exact) mass is 379 g/mol. The molecule has 27 heavy (non-hydrogen) atoms. The first-order chi connectivity index (χ1) is 13.3. The number of unbranched alkanes of at least 4 members (excludes halogenated alkanes) is 13. The summed E-state index contributed by atoms with van der Waals surface area (Å²) >= 11 is 0. The number of hydrogen-bond acceptors (Lipinski definition) is 2. The minimum Gasteiger partial charge on any atom is -0.390 e. The molecule has 158 valence electrons. The van der Waals surface area contributed by atoms with E-state index in [4.69, 9.17) is 4.99 Å². The molecular weight excluding hydrogens is 332 g/mol. The molecule has 0 radical (unpaired) electrons. The fraction of sp³-hybridized carbons (Fsp3) is 0.875. The van der Waals surface area contributed by atoms with Gasteiger partial charge in [-0.15, -0.1) is 6.58 Å². The Bertz CT molecular complexity index is 394. The number of quaternary nitrogens is 1. The van der Waals surface area contributed by atoms with Crippen molar-refractivity contribution in [3.63, 3.8) is 0 Å². The summed E-state index contributed by atoms with van der Waals surface area (Å²) in [5, 5.41) is 9.37. The standard InChI is InChI=1S/C24H47N2O/c1-3-5-6-7-8-9-10-11-12-13-14-15-16-17-18-19-24-25-20-21-26(24,4-2)22-23-27/h3,27H,1,4-23H2,2H3/q+1. The third-order valence-corrected chi connectivity index (χ3v) is 6.31. The summed E-state index contributed by atoms with van der Waals surface area (Å²) in [5.74, 6) is 1.36. The van der Waals surface area contributed by atoms with Gasteiger partial charge < -0.3 is 5.11 Å². The first-order valence-corrected chi connectivity index (χ1v) is 11.9. The van der Waals surface area contributed by atoms with Crippen LogP contribution in [0.4, 0.5) is 0 Å². The maximum absolute atomic E-state index is 9.37. The predicted octanol–water partition coefficient (Wildman–Crippen LogP) is 6.27. The summed E-state index contributed by atoms with van der Waals surface area (Å²) in [6.45, 7) is 10.3. The second-order valence-electron chi connectivity index (χ2n) is 8.35. The van der Waals surface area contributed by atoms with E-state index in [2.05, 4.69) is 13.5 Å². The number of aliphatic hydroxyl groups excluding tert-OH is 1. The van der Waals surface area contributed by atoms with E-state index in [0.717, 1.165) is 37.1 Å². The van der Waals surface area contributed by atoms with Gasteiger partial charge in [0.25, 0.3) is 0 Å². The van der Waals surface area contributed by atoms with Gasteiger partial charge >= 0.3 is 0 Å². The van der Waals surface area contributed by atoms with Gasteiger partial charge in [0.1, 0.15) is 13.1 Å². The van der Waals surface area contributed by atoms with Crippen LogP contribution >= 0.6 is 0 Å². The molecule has 1 atom stereocenters. The van der Waals surface area contributed by atoms with Crippen LogP contribution in [-0.2, 0) is 0 Å². The van der Waals surface area contributed by atoms with Gasteiger partial charge in [-0.3, -0.25) is 4.48 Å². The Hall–Kier alpha value is -0.670. The number of likely N-dealkylation sites (N-methyl/N-ethyl adjacent to an activating group) is 1. The molecule has 1 aliphatic rings. The van der Waals surface area contributed by atoms with Crippen LogP contribution in [0.15, 0.2) is 17.6 Å². The highest BCUT2D eigenvalue weighted by Gasteiger charge is 2.35. The number of aliphatic imine (C=N–C) groups is 1. The lowest BCUT2D eigenvalue weighted by Crippen LogP contribution is -2.52. The molecule has 0 saturated carbocycles. The molecule has 0 amide bonds. The van der Waals surface area contributed by atoms with E-state index in [-0.39, 0.29) is 6.61 Å². The number of aliphatic hydroxyl groups is 1. The molecular formula is C24H47N2O+. The Morgan fingerprint density at radius 2 is 1.41 bits per heavy atom. The van der Waals surface area contributed by atoms with Crippen LogP contribution in [0.2, 0.25) is 0 Å². The maximum atomic E-state index is 9.37. The molecule has 1 aliphatic heterocycles. The van der Waals surface area contributed by atoms with Gasteiger partial charge in [-0.05, 0) is 26.2 Å². The summed E-state index contributed by atoms with van der Waals surface area (Å²) in [7, 11) is 0. The van der Waals surface area contributed by atoms with E-state index < -0.39 is 0 Å². The summed E-state index contributed by atoms with van der Waals surface area (Å²) in [6, 6.07) is 0. The minimum absolute atomic E-state index is 0.280. The second-order valence-corrected chi connectivity index (χ2v) is 8.35. The molecule has 0 saturated heterocycles. The normalized spacial score (nSPS) is 19.4. The van der Waals surface area contributed by atoms with Crippen LogP contribution in [0, 0.1) is 0 Å². The quantitative estimate of drug-likeness (QED) is 0.160. The van der Waals surface area contributed by atoms with Gasteiger partial charge in [-0.1, -0.05) is 76.7 Å². The molecule has 0 fully saturated rings. The zero-order chi connectivity index (χ0) is 19.6. The average Bonchev–Trinajstić information content (AvgIpc) is 3.08. The van der Waals surface area contributed by atoms with Crippen LogP contribution in [-0.4, -0.2) is 48.2 Å². The summed E-state index contributed by atoms with van der Waals surface area (Å²) in [6.07, 6.45) is 22.5. The minimum atomic E-state index is 0.280. The predicted molar refractivity (Wildman–Crippen MR) is 119 cm³/mol. The van der Waals surface area contributed by atoms with Crippen molar-refractivity contribution < 1.29 is 9.59 Å². The molecule has 0 aromatic heterocycles. The molecule has 1 rings (SSSR count). The van der Waals surface area contributed by atoms with E-state index in [9.17, 15) is 5.11 Å². The van der Waals surface area contributed by atoms with Gasteiger partial charge in [0.15, 0.2) is 5.84 Å². The Morgan fingerprint density at radius 3 is 1.89 bits per heavy atom. The van der Waals surface area contributed by atoms with Crippen molar-refractivity contribution in [3.8, 4) is 0 Å². The zero-order valence-electron chi connectivity index (χ0n) is 18.3. The molecule has 0 aromatic rings. The first-order valence-electron chi connectivity index (χ1n) is 11.9. The number of hydrogen-bond donors (Lipinski definition) is 1. The maximum Gasteiger partial charge on any atom is 0.198 e. The van der Waals surface area contributed by atoms with Crippen molar-refractivity contribution >= 4 is 5.84 Å². The smallest absolute Gasteiger partial charge is 0.198 e. The van der Waals surface area contributed by atoms with Crippen LogP contribution in [0.25, 0.3) is 0 Å². The van der Waals surface area contributed by atoms with Crippen molar-refractivity contribution in [1.82, 2.24) is 0 Å². The van der Waals surface area contributed by atoms with Crippen LogP contribution in [0.3, 0.4) is 0 Å².